The number of ether oxygens (including phenoxy) is 2. The largest absolute Gasteiger partial charge is 0.428 e. The Morgan fingerprint density at radius 2 is 1.25 bits per heavy atom. The monoisotopic (exact) mass is 708 g/mol. The fourth-order valence-electron chi connectivity index (χ4n) is 6.12. The first kappa shape index (κ1) is 36.4. The predicted molar refractivity (Wildman–Crippen MR) is 201 cm³/mol. The van der Waals surface area contributed by atoms with E-state index in [-0.39, 0.29) is 12.5 Å². The van der Waals surface area contributed by atoms with E-state index in [1.807, 2.05) is 68.4 Å². The topological polar surface area (TPSA) is 119 Å². The zero-order valence-corrected chi connectivity index (χ0v) is 29.7. The number of likely N-dealkylation sites (N-methyl/N-ethyl adjacent to an activating group) is 2. The molecule has 266 valence electrons. The van der Waals surface area contributed by atoms with Crippen LogP contribution in [0.25, 0.3) is 0 Å². The highest BCUT2D eigenvalue weighted by atomic mass is 17.2. The van der Waals surface area contributed by atoms with E-state index in [1.54, 1.807) is 44.4 Å². The first-order valence-corrected chi connectivity index (χ1v) is 16.7. The third-order valence-electron chi connectivity index (χ3n) is 8.95. The summed E-state index contributed by atoms with van der Waals surface area (Å²) in [5.41, 5.74) is 8.32. The van der Waals surface area contributed by atoms with Crippen molar-refractivity contribution in [2.24, 2.45) is 9.98 Å². The number of benzene rings is 4. The number of esters is 1. The number of hydrogen-bond donors (Lipinski definition) is 0. The molecule has 0 fully saturated rings. The lowest BCUT2D eigenvalue weighted by atomic mass is 9.95. The molecule has 2 aliphatic heterocycles. The van der Waals surface area contributed by atoms with E-state index in [0.29, 0.717) is 45.1 Å². The van der Waals surface area contributed by atoms with Gasteiger partial charge in [0.1, 0.15) is 13.2 Å². The van der Waals surface area contributed by atoms with Crippen molar-refractivity contribution in [3.05, 3.63) is 129 Å². The van der Waals surface area contributed by atoms with Gasteiger partial charge in [-0.1, -0.05) is 60.4 Å². The number of anilines is 2. The van der Waals surface area contributed by atoms with Crippen molar-refractivity contribution in [3.63, 3.8) is 0 Å². The molecular weight excluding hydrogens is 672 g/mol. The van der Waals surface area contributed by atoms with Crippen LogP contribution in [0.3, 0.4) is 0 Å². The fraction of sp³-hybridized carbons (Fsp3) is 0.214. The van der Waals surface area contributed by atoms with Gasteiger partial charge in [-0.2, -0.15) is 0 Å². The van der Waals surface area contributed by atoms with Gasteiger partial charge in [0.05, 0.1) is 22.8 Å². The predicted octanol–water partition coefficient (Wildman–Crippen LogP) is 4.75. The van der Waals surface area contributed by atoms with Crippen LogP contribution in [0.1, 0.15) is 44.5 Å². The summed E-state index contributed by atoms with van der Waals surface area (Å²) in [5, 5.41) is 0. The van der Waals surface area contributed by atoms with Crippen LogP contribution in [0.2, 0.25) is 0 Å². The van der Waals surface area contributed by atoms with Gasteiger partial charge in [-0.05, 0) is 61.4 Å². The van der Waals surface area contributed by atoms with Gasteiger partial charge in [0.25, 0.3) is 18.0 Å². The maximum absolute atomic E-state index is 13.5. The summed E-state index contributed by atoms with van der Waals surface area (Å²) in [6.45, 7) is 2.58. The zero-order chi connectivity index (χ0) is 37.6. The lowest BCUT2D eigenvalue weighted by Gasteiger charge is -2.20. The molecule has 2 aliphatic rings. The number of carbonyl (C=O) groups is 3. The molecule has 11 nitrogen and oxygen atoms in total. The number of carbonyl (C=O) groups excluding carboxylic acids is 3. The maximum atomic E-state index is 13.5. The Hall–Kier alpha value is -6.37. The normalized spacial score (nSPS) is 16.6. The fourth-order valence-corrected chi connectivity index (χ4v) is 6.12. The van der Waals surface area contributed by atoms with Gasteiger partial charge in [-0.25, -0.2) is 19.6 Å². The number of nitrogens with zero attached hydrogens (tertiary/aromatic N) is 4. The molecule has 2 amide bonds. The van der Waals surface area contributed by atoms with Crippen LogP contribution in [0.15, 0.2) is 94.9 Å². The quantitative estimate of drug-likeness (QED) is 0.0583. The average molecular weight is 709 g/mol. The number of rotatable bonds is 10. The van der Waals surface area contributed by atoms with E-state index in [1.165, 1.54) is 9.80 Å². The minimum absolute atomic E-state index is 0.246. The van der Waals surface area contributed by atoms with Crippen LogP contribution in [-0.2, 0) is 33.6 Å². The molecule has 0 radical (unpaired) electrons. The van der Waals surface area contributed by atoms with E-state index in [0.717, 1.165) is 22.3 Å². The Morgan fingerprint density at radius 3 is 1.79 bits per heavy atom. The second-order valence-electron chi connectivity index (χ2n) is 12.4. The molecule has 4 aromatic rings. The second-order valence-corrected chi connectivity index (χ2v) is 12.4. The number of benzodiazepines with no additional fused rings is 2. The Labute approximate surface area is 307 Å². The van der Waals surface area contributed by atoms with E-state index < -0.39 is 37.5 Å². The van der Waals surface area contributed by atoms with Gasteiger partial charge >= 0.3 is 5.97 Å². The van der Waals surface area contributed by atoms with Crippen LogP contribution in [-0.4, -0.2) is 75.6 Å². The van der Waals surface area contributed by atoms with Gasteiger partial charge in [0.2, 0.25) is 0 Å². The number of amides is 2. The van der Waals surface area contributed by atoms with Crippen molar-refractivity contribution in [3.8, 4) is 24.7 Å². The minimum atomic E-state index is -1.50. The second kappa shape index (κ2) is 15.9. The van der Waals surface area contributed by atoms with Crippen LogP contribution < -0.4 is 9.80 Å². The summed E-state index contributed by atoms with van der Waals surface area (Å²) in [6, 6.07) is 24.9. The minimum Gasteiger partial charge on any atom is -0.428 e. The Kier molecular flexibility index (Phi) is 10.9. The Morgan fingerprint density at radius 1 is 0.717 bits per heavy atom. The first-order chi connectivity index (χ1) is 25.6. The summed E-state index contributed by atoms with van der Waals surface area (Å²) < 4.78 is 10.9. The molecule has 0 aromatic heterocycles. The standard InChI is InChI=1S/C42H36N4O7/c1-7-28-17-19-35-32(21-28)38(30-15-11-9-13-26(30)3)43-34(41(48)45(35)5)23-51-52-25-50-24-37(47)53-40-42(49)46(6)36-20-18-29(8-2)22-33(36)39(44-40)31-16-12-10-14-27(31)4/h1-2,9-22,34,40H,23-25H2,3-6H3. The lowest BCUT2D eigenvalue weighted by Crippen LogP contribution is -2.38. The van der Waals surface area contributed by atoms with Crippen LogP contribution in [0, 0.1) is 38.5 Å². The molecule has 11 heteroatoms. The summed E-state index contributed by atoms with van der Waals surface area (Å²) in [6.07, 6.45) is 9.88. The lowest BCUT2D eigenvalue weighted by molar-refractivity contribution is -0.336. The molecule has 6 rings (SSSR count). The molecule has 0 N–H and O–H groups in total. The number of terminal acetylenes is 2. The van der Waals surface area contributed by atoms with Crippen LogP contribution in [0.5, 0.6) is 0 Å². The van der Waals surface area contributed by atoms with Crippen molar-refractivity contribution < 1.29 is 33.6 Å². The molecule has 2 unspecified atom stereocenters. The van der Waals surface area contributed by atoms with Crippen molar-refractivity contribution in [2.45, 2.75) is 26.1 Å². The van der Waals surface area contributed by atoms with Gasteiger partial charge in [0, 0.05) is 47.5 Å². The molecule has 2 atom stereocenters. The molecule has 0 saturated heterocycles. The van der Waals surface area contributed by atoms with E-state index in [9.17, 15) is 14.4 Å². The van der Waals surface area contributed by atoms with E-state index in [4.69, 9.17) is 37.1 Å². The third kappa shape index (κ3) is 7.64. The summed E-state index contributed by atoms with van der Waals surface area (Å²) in [5.74, 6) is 3.53. The van der Waals surface area contributed by atoms with Gasteiger partial charge in [-0.15, -0.1) is 12.8 Å². The maximum Gasteiger partial charge on any atom is 0.334 e. The van der Waals surface area contributed by atoms with E-state index >= 15 is 0 Å². The van der Waals surface area contributed by atoms with Crippen molar-refractivity contribution in [1.82, 2.24) is 0 Å². The molecule has 0 spiro atoms. The molecule has 53 heavy (non-hydrogen) atoms. The summed E-state index contributed by atoms with van der Waals surface area (Å²) in [4.78, 5) is 62.8. The number of aliphatic imine (C=N–C) groups is 2. The Bertz CT molecular complexity index is 2250. The number of hydrogen-bond acceptors (Lipinski definition) is 9. The third-order valence-corrected chi connectivity index (χ3v) is 8.95. The highest BCUT2D eigenvalue weighted by Gasteiger charge is 2.34. The molecule has 4 aromatic carbocycles. The summed E-state index contributed by atoms with van der Waals surface area (Å²) >= 11 is 0. The molecular formula is C42H36N4O7. The smallest absolute Gasteiger partial charge is 0.334 e. The van der Waals surface area contributed by atoms with Gasteiger partial charge in [-0.3, -0.25) is 14.6 Å². The first-order valence-electron chi connectivity index (χ1n) is 16.7. The van der Waals surface area contributed by atoms with Crippen LogP contribution >= 0.6 is 0 Å². The van der Waals surface area contributed by atoms with Crippen LogP contribution in [0.4, 0.5) is 11.4 Å². The molecule has 0 saturated carbocycles. The molecule has 0 aliphatic carbocycles. The van der Waals surface area contributed by atoms with Gasteiger partial charge in [0.15, 0.2) is 12.8 Å². The number of fused-ring (bicyclic) bond motifs is 2. The van der Waals surface area contributed by atoms with E-state index in [2.05, 4.69) is 16.8 Å². The molecule has 2 heterocycles. The Balaban J connectivity index is 1.11. The number of aryl methyl sites for hydroxylation is 2. The van der Waals surface area contributed by atoms with Gasteiger partial charge < -0.3 is 19.3 Å². The zero-order valence-electron chi connectivity index (χ0n) is 29.7. The van der Waals surface area contributed by atoms with Crippen molar-refractivity contribution in [1.29, 1.82) is 0 Å². The average Bonchev–Trinajstić information content (AvgIpc) is 3.33. The molecule has 0 bridgehead atoms. The van der Waals surface area contributed by atoms with Crippen molar-refractivity contribution in [2.75, 3.05) is 43.9 Å². The highest BCUT2D eigenvalue weighted by Crippen LogP contribution is 2.31. The van der Waals surface area contributed by atoms with Crippen molar-refractivity contribution >= 4 is 40.6 Å². The highest BCUT2D eigenvalue weighted by molar-refractivity contribution is 6.21. The SMILES string of the molecule is C#Cc1ccc2c(c1)C(c1ccccc1C)=NC(COOCOCC(=O)OC1N=C(c3ccccc3C)c3cc(C#C)ccc3N(C)C1=O)C(=O)N2C. The summed E-state index contributed by atoms with van der Waals surface area (Å²) in [7, 11) is 3.24.